The number of rotatable bonds is 10. The maximum absolute atomic E-state index is 13.3. The molecule has 0 fully saturated rings. The molecule has 0 aliphatic heterocycles. The number of halogens is 2. The predicted octanol–water partition coefficient (Wildman–Crippen LogP) is 8.05. The highest BCUT2D eigenvalue weighted by atomic mass is 32.2. The van der Waals surface area contributed by atoms with E-state index in [1.54, 1.807) is 32.3 Å². The van der Waals surface area contributed by atoms with Crippen LogP contribution in [0.3, 0.4) is 0 Å². The number of ether oxygens (including phenoxy) is 1. The standard InChI is InChI=1S/C30H24F2N2O2S2/c1-19-14-25(29(31)32)34-30(24(19)17-33)37-18-22-15-21(9-12-27(22)36-2)8-11-26(35)28-13-10-23(38-28)16-20-6-4-3-5-7-20/h3-15,29H,16,18H2,1-2H3/b11-8+. The van der Waals surface area contributed by atoms with Crippen molar-refractivity contribution in [2.75, 3.05) is 7.11 Å². The predicted molar refractivity (Wildman–Crippen MR) is 148 cm³/mol. The smallest absolute Gasteiger partial charge is 0.280 e. The zero-order chi connectivity index (χ0) is 27.1. The number of nitriles is 1. The molecule has 2 heterocycles. The van der Waals surface area contributed by atoms with Gasteiger partial charge in [0.15, 0.2) is 5.78 Å². The van der Waals surface area contributed by atoms with Crippen LogP contribution in [0, 0.1) is 18.3 Å². The second kappa shape index (κ2) is 12.6. The third-order valence-electron chi connectivity index (χ3n) is 5.76. The minimum absolute atomic E-state index is 0.0804. The van der Waals surface area contributed by atoms with Crippen molar-refractivity contribution < 1.29 is 18.3 Å². The van der Waals surface area contributed by atoms with Crippen LogP contribution in [0.4, 0.5) is 8.78 Å². The quantitative estimate of drug-likeness (QED) is 0.114. The second-order valence-corrected chi connectivity index (χ2v) is 10.6. The van der Waals surface area contributed by atoms with Crippen LogP contribution in [0.2, 0.25) is 0 Å². The number of carbonyl (C=O) groups is 1. The summed E-state index contributed by atoms with van der Waals surface area (Å²) in [6, 6.07) is 22.8. The lowest BCUT2D eigenvalue weighted by Gasteiger charge is -2.12. The first-order valence-corrected chi connectivity index (χ1v) is 13.5. The molecular weight excluding hydrogens is 522 g/mol. The van der Waals surface area contributed by atoms with E-state index < -0.39 is 6.43 Å². The second-order valence-electron chi connectivity index (χ2n) is 8.44. The number of allylic oxidation sites excluding steroid dienone is 1. The Labute approximate surface area is 228 Å². The van der Waals surface area contributed by atoms with E-state index >= 15 is 0 Å². The van der Waals surface area contributed by atoms with Crippen molar-refractivity contribution >= 4 is 35.0 Å². The third kappa shape index (κ3) is 6.74. The van der Waals surface area contributed by atoms with Crippen molar-refractivity contribution in [1.29, 1.82) is 5.26 Å². The summed E-state index contributed by atoms with van der Waals surface area (Å²) in [5.41, 5.74) is 3.17. The van der Waals surface area contributed by atoms with Gasteiger partial charge in [0.1, 0.15) is 22.5 Å². The van der Waals surface area contributed by atoms with Crippen molar-refractivity contribution in [3.8, 4) is 11.8 Å². The number of pyridine rings is 1. The molecule has 0 atom stereocenters. The van der Waals surface area contributed by atoms with E-state index in [2.05, 4.69) is 23.2 Å². The summed E-state index contributed by atoms with van der Waals surface area (Å²) in [5, 5.41) is 9.76. The fraction of sp³-hybridized carbons (Fsp3) is 0.167. The fourth-order valence-electron chi connectivity index (χ4n) is 3.84. The molecule has 8 heteroatoms. The summed E-state index contributed by atoms with van der Waals surface area (Å²) in [6.45, 7) is 1.62. The van der Waals surface area contributed by atoms with Crippen LogP contribution in [0.25, 0.3) is 6.08 Å². The Morgan fingerprint density at radius 1 is 1.16 bits per heavy atom. The van der Waals surface area contributed by atoms with Crippen molar-refractivity contribution in [3.05, 3.63) is 116 Å². The van der Waals surface area contributed by atoms with Crippen LogP contribution in [0.5, 0.6) is 5.75 Å². The molecule has 0 unspecified atom stereocenters. The van der Waals surface area contributed by atoms with Gasteiger partial charge in [0.2, 0.25) is 0 Å². The number of ketones is 1. The SMILES string of the molecule is COc1ccc(/C=C/C(=O)c2ccc(Cc3ccccc3)s2)cc1CSc1nc(C(F)F)cc(C)c1C#N. The molecule has 2 aromatic heterocycles. The summed E-state index contributed by atoms with van der Waals surface area (Å²) < 4.78 is 32.0. The maximum atomic E-state index is 13.3. The number of aromatic nitrogens is 1. The van der Waals surface area contributed by atoms with Crippen LogP contribution < -0.4 is 4.74 Å². The van der Waals surface area contributed by atoms with E-state index in [4.69, 9.17) is 4.74 Å². The maximum Gasteiger partial charge on any atom is 0.280 e. The van der Waals surface area contributed by atoms with Crippen molar-refractivity contribution in [1.82, 2.24) is 4.98 Å². The van der Waals surface area contributed by atoms with Crippen LogP contribution in [0.15, 0.2) is 77.8 Å². The number of benzene rings is 2. The molecule has 4 aromatic rings. The molecule has 2 aromatic carbocycles. The minimum Gasteiger partial charge on any atom is -0.496 e. The average Bonchev–Trinajstić information content (AvgIpc) is 3.39. The van der Waals surface area contributed by atoms with Gasteiger partial charge in [-0.3, -0.25) is 4.79 Å². The highest BCUT2D eigenvalue weighted by Gasteiger charge is 2.17. The molecule has 4 rings (SSSR count). The summed E-state index contributed by atoms with van der Waals surface area (Å²) in [4.78, 5) is 18.6. The summed E-state index contributed by atoms with van der Waals surface area (Å²) in [6.07, 6.45) is 1.35. The number of alkyl halides is 2. The van der Waals surface area contributed by atoms with E-state index in [9.17, 15) is 18.8 Å². The number of methoxy groups -OCH3 is 1. The lowest BCUT2D eigenvalue weighted by Crippen LogP contribution is -1.99. The van der Waals surface area contributed by atoms with Gasteiger partial charge in [0, 0.05) is 22.6 Å². The summed E-state index contributed by atoms with van der Waals surface area (Å²) >= 11 is 2.68. The van der Waals surface area contributed by atoms with Crippen LogP contribution in [0.1, 0.15) is 54.5 Å². The lowest BCUT2D eigenvalue weighted by atomic mass is 10.1. The number of nitrogens with zero attached hydrogens (tertiary/aromatic N) is 2. The molecule has 0 aliphatic rings. The van der Waals surface area contributed by atoms with E-state index in [1.165, 1.54) is 34.7 Å². The Morgan fingerprint density at radius 3 is 2.66 bits per heavy atom. The van der Waals surface area contributed by atoms with Gasteiger partial charge in [-0.25, -0.2) is 13.8 Å². The summed E-state index contributed by atoms with van der Waals surface area (Å²) in [5.74, 6) is 0.883. The Balaban J connectivity index is 1.48. The van der Waals surface area contributed by atoms with Crippen LogP contribution in [-0.4, -0.2) is 17.9 Å². The summed E-state index contributed by atoms with van der Waals surface area (Å²) in [7, 11) is 1.55. The highest BCUT2D eigenvalue weighted by molar-refractivity contribution is 7.98. The van der Waals surface area contributed by atoms with E-state index in [0.717, 1.165) is 22.4 Å². The molecule has 0 saturated carbocycles. The molecule has 0 bridgehead atoms. The molecule has 38 heavy (non-hydrogen) atoms. The van der Waals surface area contributed by atoms with Crippen LogP contribution in [-0.2, 0) is 12.2 Å². The van der Waals surface area contributed by atoms with Gasteiger partial charge in [-0.15, -0.1) is 23.1 Å². The Kier molecular flexibility index (Phi) is 9.06. The molecule has 0 saturated heterocycles. The zero-order valence-corrected chi connectivity index (χ0v) is 22.4. The Bertz CT molecular complexity index is 1510. The van der Waals surface area contributed by atoms with E-state index in [1.807, 2.05) is 42.5 Å². The van der Waals surface area contributed by atoms with Gasteiger partial charge in [-0.2, -0.15) is 5.26 Å². The van der Waals surface area contributed by atoms with Crippen molar-refractivity contribution in [2.24, 2.45) is 0 Å². The monoisotopic (exact) mass is 546 g/mol. The molecule has 0 spiro atoms. The molecule has 0 amide bonds. The van der Waals surface area contributed by atoms with Crippen molar-refractivity contribution in [2.45, 2.75) is 30.5 Å². The zero-order valence-electron chi connectivity index (χ0n) is 20.8. The first-order valence-electron chi connectivity index (χ1n) is 11.7. The van der Waals surface area contributed by atoms with E-state index in [-0.39, 0.29) is 22.1 Å². The van der Waals surface area contributed by atoms with Gasteiger partial charge in [0.25, 0.3) is 6.43 Å². The topological polar surface area (TPSA) is 63.0 Å². The molecule has 4 nitrogen and oxygen atoms in total. The molecule has 0 radical (unpaired) electrons. The van der Waals surface area contributed by atoms with Crippen LogP contribution >= 0.6 is 23.1 Å². The lowest BCUT2D eigenvalue weighted by molar-refractivity contribution is 0.105. The first-order chi connectivity index (χ1) is 18.4. The van der Waals surface area contributed by atoms with E-state index in [0.29, 0.717) is 21.9 Å². The number of aryl methyl sites for hydroxylation is 1. The number of thioether (sulfide) groups is 1. The number of hydrogen-bond donors (Lipinski definition) is 0. The number of thiophene rings is 1. The van der Waals surface area contributed by atoms with Gasteiger partial charge in [0.05, 0.1) is 17.6 Å². The molecule has 0 aliphatic carbocycles. The van der Waals surface area contributed by atoms with Gasteiger partial charge in [-0.05, 0) is 60.0 Å². The minimum atomic E-state index is -2.72. The fourth-order valence-corrected chi connectivity index (χ4v) is 5.84. The Hall–Kier alpha value is -3.80. The number of carbonyl (C=O) groups excluding carboxylic acids is 1. The highest BCUT2D eigenvalue weighted by Crippen LogP contribution is 2.33. The normalized spacial score (nSPS) is 11.2. The Morgan fingerprint density at radius 2 is 1.95 bits per heavy atom. The number of hydrogen-bond acceptors (Lipinski definition) is 6. The van der Waals surface area contributed by atoms with Crippen molar-refractivity contribution in [3.63, 3.8) is 0 Å². The first kappa shape index (κ1) is 27.2. The average molecular weight is 547 g/mol. The third-order valence-corrected chi connectivity index (χ3v) is 7.88. The molecule has 0 N–H and O–H groups in total. The van der Waals surface area contributed by atoms with Gasteiger partial charge in [-0.1, -0.05) is 42.5 Å². The molecular formula is C30H24F2N2O2S2. The molecule has 192 valence electrons. The van der Waals surface area contributed by atoms with Gasteiger partial charge < -0.3 is 4.74 Å². The van der Waals surface area contributed by atoms with Gasteiger partial charge >= 0.3 is 0 Å². The largest absolute Gasteiger partial charge is 0.496 e.